The van der Waals surface area contributed by atoms with E-state index in [1.54, 1.807) is 48.5 Å². The van der Waals surface area contributed by atoms with E-state index in [1.165, 1.54) is 4.90 Å². The predicted octanol–water partition coefficient (Wildman–Crippen LogP) is 13.0. The van der Waals surface area contributed by atoms with Crippen LogP contribution in [-0.4, -0.2) is 27.9 Å². The second-order valence-electron chi connectivity index (χ2n) is 15.9. The summed E-state index contributed by atoms with van der Waals surface area (Å²) in [5, 5.41) is 1.44. The van der Waals surface area contributed by atoms with Crippen molar-refractivity contribution < 1.29 is 19.2 Å². The van der Waals surface area contributed by atoms with Gasteiger partial charge in [-0.05, 0) is 82.9 Å². The van der Waals surface area contributed by atoms with Crippen molar-refractivity contribution in [2.45, 2.75) is 0 Å². The van der Waals surface area contributed by atoms with E-state index < -0.39 is 11.8 Å². The van der Waals surface area contributed by atoms with Gasteiger partial charge in [0.15, 0.2) is 11.6 Å². The van der Waals surface area contributed by atoms with Crippen LogP contribution < -0.4 is 4.90 Å². The topological polar surface area (TPSA) is 76.5 Å². The van der Waals surface area contributed by atoms with Crippen LogP contribution in [-0.2, 0) is 0 Å². The average Bonchev–Trinajstić information content (AvgIpc) is 3.83. The zero-order valence-corrected chi connectivity index (χ0v) is 34.3. The first-order valence-electron chi connectivity index (χ1n) is 21.1. The van der Waals surface area contributed by atoms with Crippen molar-refractivity contribution in [2.24, 2.45) is 0 Å². The Morgan fingerprint density at radius 3 is 1.25 bits per heavy atom. The van der Waals surface area contributed by atoms with Gasteiger partial charge in [-0.3, -0.25) is 19.2 Å². The Bertz CT molecular complexity index is 3320. The summed E-state index contributed by atoms with van der Waals surface area (Å²) in [5.74, 6) is -1.17. The summed E-state index contributed by atoms with van der Waals surface area (Å²) in [5.41, 5.74) is 10.1. The fourth-order valence-corrected chi connectivity index (χ4v) is 9.08. The van der Waals surface area contributed by atoms with Crippen LogP contribution in [0.3, 0.4) is 0 Å². The normalized spacial score (nSPS) is 12.2. The van der Waals surface area contributed by atoms with Crippen molar-refractivity contribution in [2.75, 3.05) is 4.90 Å². The van der Waals surface area contributed by atoms with Crippen molar-refractivity contribution in [1.82, 2.24) is 4.57 Å². The Hall–Kier alpha value is -8.74. The molecule has 0 spiro atoms. The van der Waals surface area contributed by atoms with Gasteiger partial charge in [0, 0.05) is 44.2 Å². The molecule has 6 nitrogen and oxygen atoms in total. The number of aromatic nitrogens is 1. The largest absolute Gasteiger partial charge is 0.308 e. The third-order valence-electron chi connectivity index (χ3n) is 12.1. The van der Waals surface area contributed by atoms with E-state index in [0.29, 0.717) is 44.7 Å². The minimum absolute atomic E-state index is 0.140. The molecule has 0 N–H and O–H groups in total. The van der Waals surface area contributed by atoms with E-state index >= 15 is 9.59 Å². The number of hydrogen-bond donors (Lipinski definition) is 0. The van der Waals surface area contributed by atoms with Crippen LogP contribution in [0.15, 0.2) is 218 Å². The van der Waals surface area contributed by atoms with Crippen LogP contribution in [0, 0.1) is 0 Å². The Morgan fingerprint density at radius 2 is 0.781 bits per heavy atom. The number of benzene rings is 9. The Balaban J connectivity index is 1.13. The number of anilines is 1. The minimum Gasteiger partial charge on any atom is -0.308 e. The Labute approximate surface area is 368 Å². The molecule has 0 bridgehead atoms. The predicted molar refractivity (Wildman–Crippen MR) is 254 cm³/mol. The SMILES string of the molecule is O=C(c1ccccc1)c1ccc2c(c1)c1cc(C(=O)c3ccccc3)ccc1n2-c1cccc2c1C(=O)N(c1c(-c3ccccc3)cc(-c3ccccc3)cc1-c1ccccc1)C2=O. The average molecular weight is 825 g/mol. The fourth-order valence-electron chi connectivity index (χ4n) is 9.08. The molecule has 0 aliphatic carbocycles. The molecular weight excluding hydrogens is 789 g/mol. The third-order valence-corrected chi connectivity index (χ3v) is 12.1. The van der Waals surface area contributed by atoms with Crippen molar-refractivity contribution in [3.05, 3.63) is 252 Å². The maximum Gasteiger partial charge on any atom is 0.268 e. The van der Waals surface area contributed by atoms with Crippen molar-refractivity contribution >= 4 is 50.9 Å². The van der Waals surface area contributed by atoms with Gasteiger partial charge >= 0.3 is 0 Å². The second kappa shape index (κ2) is 15.6. The third kappa shape index (κ3) is 6.36. The maximum absolute atomic E-state index is 15.5. The van der Waals surface area contributed by atoms with Gasteiger partial charge < -0.3 is 4.57 Å². The Kier molecular flexibility index (Phi) is 9.32. The molecule has 302 valence electrons. The summed E-state index contributed by atoms with van der Waals surface area (Å²) in [4.78, 5) is 59.7. The number of hydrogen-bond acceptors (Lipinski definition) is 4. The van der Waals surface area contributed by atoms with Gasteiger partial charge in [-0.15, -0.1) is 0 Å². The van der Waals surface area contributed by atoms with Gasteiger partial charge in [0.25, 0.3) is 11.8 Å². The van der Waals surface area contributed by atoms with Crippen molar-refractivity contribution in [3.63, 3.8) is 0 Å². The summed E-state index contributed by atoms with van der Waals surface area (Å²) in [6.07, 6.45) is 0. The van der Waals surface area contributed by atoms with Crippen LogP contribution in [0.1, 0.15) is 52.6 Å². The van der Waals surface area contributed by atoms with Crippen LogP contribution in [0.2, 0.25) is 0 Å². The molecule has 0 saturated heterocycles. The van der Waals surface area contributed by atoms with E-state index in [1.807, 2.05) is 150 Å². The molecule has 0 fully saturated rings. The number of imide groups is 1. The summed E-state index contributed by atoms with van der Waals surface area (Å²) in [6.45, 7) is 0. The number of carbonyl (C=O) groups is 4. The molecule has 2 amide bonds. The molecule has 9 aromatic carbocycles. The van der Waals surface area contributed by atoms with E-state index in [0.717, 1.165) is 44.2 Å². The number of fused-ring (bicyclic) bond motifs is 4. The summed E-state index contributed by atoms with van der Waals surface area (Å²) in [6, 6.07) is 68.6. The molecule has 6 heteroatoms. The van der Waals surface area contributed by atoms with Crippen LogP contribution in [0.25, 0.3) is 60.9 Å². The van der Waals surface area contributed by atoms with Crippen molar-refractivity contribution in [3.8, 4) is 39.1 Å². The maximum atomic E-state index is 15.5. The number of amides is 2. The Morgan fingerprint density at radius 1 is 0.344 bits per heavy atom. The smallest absolute Gasteiger partial charge is 0.268 e. The molecule has 11 rings (SSSR count). The standard InChI is InChI=1S/C58H36N2O4/c61-55(40-23-12-4-13-24-40)42-29-31-50-48(33-42)49-34-43(56(62)41-25-14-5-15-26-41)30-32-51(49)59(50)52-28-16-27-45-53(52)58(64)60(57(45)63)54-46(38-19-8-2-9-20-38)35-44(37-17-6-1-7-18-37)36-47(54)39-21-10-3-11-22-39/h1-36H. The summed E-state index contributed by atoms with van der Waals surface area (Å²) < 4.78 is 1.97. The number of rotatable bonds is 9. The highest BCUT2D eigenvalue weighted by molar-refractivity contribution is 6.37. The van der Waals surface area contributed by atoms with Crippen LogP contribution >= 0.6 is 0 Å². The molecule has 10 aromatic rings. The highest BCUT2D eigenvalue weighted by atomic mass is 16.2. The molecule has 0 saturated carbocycles. The molecule has 1 aliphatic rings. The molecule has 64 heavy (non-hydrogen) atoms. The second-order valence-corrected chi connectivity index (χ2v) is 15.9. The van der Waals surface area contributed by atoms with E-state index in [2.05, 4.69) is 24.3 Å². The fraction of sp³-hybridized carbons (Fsp3) is 0. The molecule has 0 radical (unpaired) electrons. The van der Waals surface area contributed by atoms with Crippen LogP contribution in [0.5, 0.6) is 0 Å². The molecule has 0 unspecified atom stereocenters. The first-order valence-corrected chi connectivity index (χ1v) is 21.1. The highest BCUT2D eigenvalue weighted by Crippen LogP contribution is 2.47. The molecule has 1 aliphatic heterocycles. The van der Waals surface area contributed by atoms with E-state index in [4.69, 9.17) is 0 Å². The van der Waals surface area contributed by atoms with E-state index in [9.17, 15) is 9.59 Å². The molecule has 2 heterocycles. The lowest BCUT2D eigenvalue weighted by molar-refractivity contribution is 0.0924. The number of carbonyl (C=O) groups excluding carboxylic acids is 4. The monoisotopic (exact) mass is 824 g/mol. The summed E-state index contributed by atoms with van der Waals surface area (Å²) in [7, 11) is 0. The zero-order valence-electron chi connectivity index (χ0n) is 34.3. The lowest BCUT2D eigenvalue weighted by atomic mass is 9.90. The molecule has 1 aromatic heterocycles. The lowest BCUT2D eigenvalue weighted by Crippen LogP contribution is -2.30. The van der Waals surface area contributed by atoms with Gasteiger partial charge in [-0.25, -0.2) is 4.90 Å². The van der Waals surface area contributed by atoms with Gasteiger partial charge in [-0.1, -0.05) is 158 Å². The first kappa shape index (κ1) is 38.2. The van der Waals surface area contributed by atoms with Gasteiger partial charge in [0.05, 0.1) is 33.5 Å². The number of ketones is 2. The van der Waals surface area contributed by atoms with Gasteiger partial charge in [-0.2, -0.15) is 0 Å². The quantitative estimate of drug-likeness (QED) is 0.107. The first-order chi connectivity index (χ1) is 31.4. The number of nitrogens with zero attached hydrogens (tertiary/aromatic N) is 2. The van der Waals surface area contributed by atoms with Gasteiger partial charge in [0.2, 0.25) is 0 Å². The highest BCUT2D eigenvalue weighted by Gasteiger charge is 2.42. The van der Waals surface area contributed by atoms with E-state index in [-0.39, 0.29) is 22.7 Å². The zero-order chi connectivity index (χ0) is 43.3. The van der Waals surface area contributed by atoms with Crippen molar-refractivity contribution in [1.29, 1.82) is 0 Å². The molecule has 0 atom stereocenters. The molecular formula is C58H36N2O4. The van der Waals surface area contributed by atoms with Gasteiger partial charge in [0.1, 0.15) is 0 Å². The summed E-state index contributed by atoms with van der Waals surface area (Å²) >= 11 is 0. The lowest BCUT2D eigenvalue weighted by Gasteiger charge is -2.24. The van der Waals surface area contributed by atoms with Crippen LogP contribution in [0.4, 0.5) is 5.69 Å². The minimum atomic E-state index is -0.459.